The summed E-state index contributed by atoms with van der Waals surface area (Å²) in [5, 5.41) is 7.04. The zero-order valence-corrected chi connectivity index (χ0v) is 20.0. The molecular weight excluding hydrogens is 452 g/mol. The third kappa shape index (κ3) is 5.25. The van der Waals surface area contributed by atoms with Gasteiger partial charge in [-0.2, -0.15) is 4.98 Å². The first-order chi connectivity index (χ1) is 16.6. The number of hydrogen-bond donors (Lipinski definition) is 2. The van der Waals surface area contributed by atoms with Crippen LogP contribution in [0.15, 0.2) is 59.1 Å². The molecule has 0 amide bonds. The number of oxazole rings is 1. The predicted molar refractivity (Wildman–Crippen MR) is 135 cm³/mol. The molecule has 3 heterocycles. The van der Waals surface area contributed by atoms with Crippen LogP contribution >= 0.6 is 11.6 Å². The van der Waals surface area contributed by atoms with Crippen molar-refractivity contribution in [1.82, 2.24) is 19.8 Å². The van der Waals surface area contributed by atoms with Gasteiger partial charge in [-0.3, -0.25) is 4.90 Å². The van der Waals surface area contributed by atoms with Crippen molar-refractivity contribution in [3.8, 4) is 11.5 Å². The number of likely N-dealkylation sites (N-methyl/N-ethyl adjacent to an activating group) is 1. The van der Waals surface area contributed by atoms with E-state index in [4.69, 9.17) is 20.8 Å². The number of ether oxygens (including phenoxy) is 1. The molecule has 176 valence electrons. The molecular formula is C25H27ClN6O2. The maximum Gasteiger partial charge on any atom is 0.300 e. The van der Waals surface area contributed by atoms with Crippen molar-refractivity contribution in [3.05, 3.63) is 65.3 Å². The van der Waals surface area contributed by atoms with E-state index in [0.717, 1.165) is 54.8 Å². The molecule has 1 fully saturated rings. The fourth-order valence-corrected chi connectivity index (χ4v) is 4.09. The lowest BCUT2D eigenvalue weighted by atomic mass is 10.1. The quantitative estimate of drug-likeness (QED) is 0.375. The van der Waals surface area contributed by atoms with Crippen LogP contribution in [0, 0.1) is 0 Å². The van der Waals surface area contributed by atoms with E-state index in [9.17, 15) is 0 Å². The number of fused-ring (bicyclic) bond motifs is 1. The van der Waals surface area contributed by atoms with Crippen LogP contribution in [0.5, 0.6) is 11.5 Å². The number of piperazine rings is 1. The number of benzene rings is 2. The van der Waals surface area contributed by atoms with Gasteiger partial charge in [-0.15, -0.1) is 0 Å². The number of aromatic nitrogens is 2. The molecule has 1 aliphatic rings. The van der Waals surface area contributed by atoms with Crippen molar-refractivity contribution in [1.29, 1.82) is 0 Å². The molecule has 1 aliphatic heterocycles. The van der Waals surface area contributed by atoms with Crippen LogP contribution < -0.4 is 15.4 Å². The lowest BCUT2D eigenvalue weighted by Crippen LogP contribution is -2.43. The highest BCUT2D eigenvalue weighted by Gasteiger charge is 2.16. The van der Waals surface area contributed by atoms with E-state index in [-0.39, 0.29) is 0 Å². The van der Waals surface area contributed by atoms with Crippen LogP contribution in [0.1, 0.15) is 5.56 Å². The zero-order chi connectivity index (χ0) is 23.5. The summed E-state index contributed by atoms with van der Waals surface area (Å²) in [4.78, 5) is 13.6. The number of anilines is 3. The molecule has 4 aromatic rings. The molecule has 0 radical (unpaired) electrons. The summed E-state index contributed by atoms with van der Waals surface area (Å²) in [6.45, 7) is 5.04. The highest BCUT2D eigenvalue weighted by atomic mass is 35.5. The summed E-state index contributed by atoms with van der Waals surface area (Å²) in [7, 11) is 3.97. The smallest absolute Gasteiger partial charge is 0.300 e. The molecule has 1 saturated heterocycles. The van der Waals surface area contributed by atoms with E-state index in [1.165, 1.54) is 0 Å². The van der Waals surface area contributed by atoms with Crippen LogP contribution in [0.2, 0.25) is 5.02 Å². The monoisotopic (exact) mass is 478 g/mol. The molecule has 2 aromatic carbocycles. The highest BCUT2D eigenvalue weighted by Crippen LogP contribution is 2.30. The molecule has 0 spiro atoms. The second kappa shape index (κ2) is 9.89. The second-order valence-corrected chi connectivity index (χ2v) is 8.80. The SMILES string of the molecule is CNc1cc(Oc2ccc3oc(Nc4ccc(Cl)c(CN5CCN(C)CC5)c4)nc3c2)ccn1. The van der Waals surface area contributed by atoms with E-state index in [1.54, 1.807) is 12.3 Å². The normalized spacial score (nSPS) is 14.9. The Labute approximate surface area is 203 Å². The first kappa shape index (κ1) is 22.5. The Bertz CT molecular complexity index is 1290. The van der Waals surface area contributed by atoms with Crippen LogP contribution in [0.25, 0.3) is 11.1 Å². The summed E-state index contributed by atoms with van der Waals surface area (Å²) in [5.74, 6) is 2.10. The number of halogens is 1. The van der Waals surface area contributed by atoms with Gasteiger partial charge in [0.25, 0.3) is 6.01 Å². The second-order valence-electron chi connectivity index (χ2n) is 8.39. The molecule has 8 nitrogen and oxygen atoms in total. The maximum absolute atomic E-state index is 6.49. The average molecular weight is 479 g/mol. The van der Waals surface area contributed by atoms with Crippen LogP contribution in [-0.4, -0.2) is 60.0 Å². The summed E-state index contributed by atoms with van der Waals surface area (Å²) < 4.78 is 11.9. The Morgan fingerprint density at radius 2 is 1.85 bits per heavy atom. The summed E-state index contributed by atoms with van der Waals surface area (Å²) in [6.07, 6.45) is 1.70. The number of nitrogens with zero attached hydrogens (tertiary/aromatic N) is 4. The molecule has 34 heavy (non-hydrogen) atoms. The van der Waals surface area contributed by atoms with Gasteiger partial charge in [0.05, 0.1) is 0 Å². The maximum atomic E-state index is 6.49. The summed E-state index contributed by atoms with van der Waals surface area (Å²) in [6, 6.07) is 15.5. The lowest BCUT2D eigenvalue weighted by Gasteiger charge is -2.32. The van der Waals surface area contributed by atoms with E-state index < -0.39 is 0 Å². The van der Waals surface area contributed by atoms with E-state index in [0.29, 0.717) is 28.6 Å². The first-order valence-corrected chi connectivity index (χ1v) is 11.6. The zero-order valence-electron chi connectivity index (χ0n) is 19.2. The van der Waals surface area contributed by atoms with E-state index in [2.05, 4.69) is 43.5 Å². The van der Waals surface area contributed by atoms with Gasteiger partial charge in [0.15, 0.2) is 5.58 Å². The van der Waals surface area contributed by atoms with Crippen molar-refractivity contribution in [2.75, 3.05) is 50.9 Å². The van der Waals surface area contributed by atoms with Crippen LogP contribution in [0.4, 0.5) is 17.5 Å². The van der Waals surface area contributed by atoms with Gasteiger partial charge in [-0.05, 0) is 49.0 Å². The standard InChI is InChI=1S/C25H27ClN6O2/c1-27-24-15-20(7-8-28-24)33-19-4-6-23-22(14-19)30-25(34-23)29-18-3-5-21(26)17(13-18)16-32-11-9-31(2)10-12-32/h3-8,13-15H,9-12,16H2,1-2H3,(H,27,28)(H,29,30). The number of rotatable bonds is 7. The first-order valence-electron chi connectivity index (χ1n) is 11.2. The van der Waals surface area contributed by atoms with E-state index >= 15 is 0 Å². The van der Waals surface area contributed by atoms with E-state index in [1.807, 2.05) is 43.4 Å². The molecule has 0 unspecified atom stereocenters. The summed E-state index contributed by atoms with van der Waals surface area (Å²) >= 11 is 6.49. The Hall–Kier alpha value is -3.33. The van der Waals surface area contributed by atoms with Gasteiger partial charge in [0, 0.05) is 68.8 Å². The van der Waals surface area contributed by atoms with Crippen molar-refractivity contribution in [2.45, 2.75) is 6.54 Å². The highest BCUT2D eigenvalue weighted by molar-refractivity contribution is 6.31. The minimum Gasteiger partial charge on any atom is -0.457 e. The van der Waals surface area contributed by atoms with Gasteiger partial charge in [0.1, 0.15) is 22.8 Å². The van der Waals surface area contributed by atoms with Crippen molar-refractivity contribution in [3.63, 3.8) is 0 Å². The van der Waals surface area contributed by atoms with Crippen molar-refractivity contribution >= 4 is 40.2 Å². The van der Waals surface area contributed by atoms with Crippen LogP contribution in [0.3, 0.4) is 0 Å². The molecule has 9 heteroatoms. The minimum absolute atomic E-state index is 0.418. The Balaban J connectivity index is 1.30. The molecule has 0 bridgehead atoms. The minimum atomic E-state index is 0.418. The molecule has 0 aliphatic carbocycles. The van der Waals surface area contributed by atoms with Gasteiger partial charge in [0.2, 0.25) is 0 Å². The lowest BCUT2D eigenvalue weighted by molar-refractivity contribution is 0.148. The predicted octanol–water partition coefficient (Wildman–Crippen LogP) is 5.20. The van der Waals surface area contributed by atoms with Gasteiger partial charge >= 0.3 is 0 Å². The number of pyridine rings is 1. The van der Waals surface area contributed by atoms with Gasteiger partial charge in [-0.25, -0.2) is 4.98 Å². The average Bonchev–Trinajstić information content (AvgIpc) is 3.24. The van der Waals surface area contributed by atoms with Gasteiger partial charge in [-0.1, -0.05) is 11.6 Å². The Morgan fingerprint density at radius 1 is 1.03 bits per heavy atom. The van der Waals surface area contributed by atoms with Crippen molar-refractivity contribution in [2.24, 2.45) is 0 Å². The van der Waals surface area contributed by atoms with Crippen molar-refractivity contribution < 1.29 is 9.15 Å². The van der Waals surface area contributed by atoms with Crippen LogP contribution in [-0.2, 0) is 6.54 Å². The molecule has 0 saturated carbocycles. The third-order valence-corrected chi connectivity index (χ3v) is 6.24. The molecule has 2 aromatic heterocycles. The number of hydrogen-bond acceptors (Lipinski definition) is 8. The Kier molecular flexibility index (Phi) is 6.53. The summed E-state index contributed by atoms with van der Waals surface area (Å²) in [5.41, 5.74) is 3.34. The number of nitrogens with one attached hydrogen (secondary N) is 2. The molecule has 2 N–H and O–H groups in total. The Morgan fingerprint density at radius 3 is 2.68 bits per heavy atom. The fourth-order valence-electron chi connectivity index (χ4n) is 3.92. The van der Waals surface area contributed by atoms with Gasteiger partial charge < -0.3 is 24.7 Å². The molecule has 0 atom stereocenters. The fraction of sp³-hybridized carbons (Fsp3) is 0.280. The molecule has 5 rings (SSSR count). The largest absolute Gasteiger partial charge is 0.457 e. The topological polar surface area (TPSA) is 78.7 Å². The third-order valence-electron chi connectivity index (χ3n) is 5.87.